The van der Waals surface area contributed by atoms with Gasteiger partial charge in [-0.3, -0.25) is 24.0 Å². The zero-order valence-electron chi connectivity index (χ0n) is 19.0. The van der Waals surface area contributed by atoms with Crippen molar-refractivity contribution in [1.29, 1.82) is 0 Å². The summed E-state index contributed by atoms with van der Waals surface area (Å²) in [5.41, 5.74) is 11.1. The Morgan fingerprint density at radius 3 is 1.89 bits per heavy atom. The second-order valence-corrected chi connectivity index (χ2v) is 8.15. The normalized spacial score (nSPS) is 13.9. The molecule has 4 atom stereocenters. The van der Waals surface area contributed by atoms with Gasteiger partial charge in [-0.25, -0.2) is 4.79 Å². The van der Waals surface area contributed by atoms with Crippen LogP contribution in [0.1, 0.15) is 24.8 Å². The Bertz CT molecular complexity index is 973. The lowest BCUT2D eigenvalue weighted by Gasteiger charge is -2.24. The number of hydrogen-bond donors (Lipinski definition) is 9. The van der Waals surface area contributed by atoms with E-state index in [1.54, 1.807) is 0 Å². The van der Waals surface area contributed by atoms with E-state index >= 15 is 0 Å². The van der Waals surface area contributed by atoms with E-state index in [9.17, 15) is 39.0 Å². The molecule has 0 bridgehead atoms. The van der Waals surface area contributed by atoms with Gasteiger partial charge in [0.2, 0.25) is 23.6 Å². The molecule has 14 nitrogen and oxygen atoms in total. The first-order valence-corrected chi connectivity index (χ1v) is 11.3. The van der Waals surface area contributed by atoms with Gasteiger partial charge in [0.15, 0.2) is 0 Å². The summed E-state index contributed by atoms with van der Waals surface area (Å²) < 4.78 is 0. The molecule has 4 unspecified atom stereocenters. The number of carbonyl (C=O) groups excluding carboxylic acids is 4. The molecule has 198 valence electrons. The molecular weight excluding hydrogens is 498 g/mol. The quantitative estimate of drug-likeness (QED) is 0.108. The standard InChI is InChI=1S/C21H29N5O9S/c22-12(9-36)18(31)25-14(8-17(29)30)20(33)24-13(5-6-16(23)28)19(32)26-15(21(34)35)7-10-1-3-11(27)4-2-10/h1-4,12-15,27,36H,5-9,22H2,(H2,23,28)(H,24,33)(H,25,31)(H,26,32)(H,29,30)(H,34,35). The summed E-state index contributed by atoms with van der Waals surface area (Å²) in [5.74, 6) is -6.69. The van der Waals surface area contributed by atoms with Crippen molar-refractivity contribution in [2.24, 2.45) is 11.5 Å². The van der Waals surface area contributed by atoms with Crippen molar-refractivity contribution in [3.8, 4) is 5.75 Å². The average molecular weight is 528 g/mol. The number of phenols is 1. The third-order valence-electron chi connectivity index (χ3n) is 4.85. The van der Waals surface area contributed by atoms with Crippen molar-refractivity contribution in [2.75, 3.05) is 5.75 Å². The number of carbonyl (C=O) groups is 6. The number of nitrogens with one attached hydrogen (secondary N) is 3. The highest BCUT2D eigenvalue weighted by molar-refractivity contribution is 7.80. The van der Waals surface area contributed by atoms with Crippen LogP contribution < -0.4 is 27.4 Å². The first kappa shape index (κ1) is 30.2. The summed E-state index contributed by atoms with van der Waals surface area (Å²) in [5, 5.41) is 34.6. The van der Waals surface area contributed by atoms with Crippen LogP contribution in [0, 0.1) is 0 Å². The van der Waals surface area contributed by atoms with Gasteiger partial charge in [0.05, 0.1) is 12.5 Å². The summed E-state index contributed by atoms with van der Waals surface area (Å²) in [6.07, 6.45) is -1.71. The first-order chi connectivity index (χ1) is 16.8. The van der Waals surface area contributed by atoms with E-state index in [1.165, 1.54) is 24.3 Å². The van der Waals surface area contributed by atoms with Crippen LogP contribution in [0.4, 0.5) is 0 Å². The van der Waals surface area contributed by atoms with Crippen molar-refractivity contribution in [3.05, 3.63) is 29.8 Å². The molecule has 1 aromatic carbocycles. The van der Waals surface area contributed by atoms with Gasteiger partial charge in [-0.1, -0.05) is 12.1 Å². The number of benzene rings is 1. The van der Waals surface area contributed by atoms with Gasteiger partial charge in [-0.2, -0.15) is 12.6 Å². The average Bonchev–Trinajstić information content (AvgIpc) is 2.80. The van der Waals surface area contributed by atoms with Crippen LogP contribution in [-0.2, 0) is 35.2 Å². The van der Waals surface area contributed by atoms with E-state index in [4.69, 9.17) is 16.6 Å². The van der Waals surface area contributed by atoms with Gasteiger partial charge in [-0.15, -0.1) is 0 Å². The molecule has 0 aliphatic rings. The Hall–Kier alpha value is -3.85. The number of carboxylic acid groups (broad SMARTS) is 2. The predicted octanol–water partition coefficient (Wildman–Crippen LogP) is -2.53. The van der Waals surface area contributed by atoms with Crippen LogP contribution in [0.25, 0.3) is 0 Å². The number of aromatic hydroxyl groups is 1. The maximum Gasteiger partial charge on any atom is 0.326 e. The molecule has 0 heterocycles. The fourth-order valence-electron chi connectivity index (χ4n) is 2.91. The molecule has 0 radical (unpaired) electrons. The number of primary amides is 1. The minimum Gasteiger partial charge on any atom is -0.508 e. The number of phenolic OH excluding ortho intramolecular Hbond substituents is 1. The van der Waals surface area contributed by atoms with Gasteiger partial charge in [0.25, 0.3) is 0 Å². The highest BCUT2D eigenvalue weighted by atomic mass is 32.1. The molecule has 15 heteroatoms. The second kappa shape index (κ2) is 14.5. The number of rotatable bonds is 15. The fourth-order valence-corrected chi connectivity index (χ4v) is 3.08. The SMILES string of the molecule is NC(=O)CCC(NC(=O)C(CC(=O)O)NC(=O)C(N)CS)C(=O)NC(Cc1ccc(O)cc1)C(=O)O. The Kier molecular flexibility index (Phi) is 12.2. The molecule has 0 aliphatic heterocycles. The molecule has 0 saturated heterocycles. The Morgan fingerprint density at radius 2 is 1.39 bits per heavy atom. The lowest BCUT2D eigenvalue weighted by Crippen LogP contribution is -2.58. The van der Waals surface area contributed by atoms with Gasteiger partial charge in [0.1, 0.15) is 23.9 Å². The van der Waals surface area contributed by atoms with E-state index in [0.717, 1.165) is 0 Å². The van der Waals surface area contributed by atoms with Crippen LogP contribution in [0.2, 0.25) is 0 Å². The van der Waals surface area contributed by atoms with Crippen molar-refractivity contribution in [2.45, 2.75) is 49.9 Å². The molecule has 1 aromatic rings. The monoisotopic (exact) mass is 527 g/mol. The Labute approximate surface area is 211 Å². The summed E-state index contributed by atoms with van der Waals surface area (Å²) in [4.78, 5) is 71.8. The van der Waals surface area contributed by atoms with Gasteiger partial charge >= 0.3 is 11.9 Å². The smallest absolute Gasteiger partial charge is 0.326 e. The summed E-state index contributed by atoms with van der Waals surface area (Å²) in [6, 6.07) is -0.113. The van der Waals surface area contributed by atoms with Crippen molar-refractivity contribution in [3.63, 3.8) is 0 Å². The van der Waals surface area contributed by atoms with E-state index in [2.05, 4.69) is 28.6 Å². The maximum absolute atomic E-state index is 12.9. The lowest BCUT2D eigenvalue weighted by atomic mass is 10.0. The van der Waals surface area contributed by atoms with Crippen molar-refractivity contribution >= 4 is 48.2 Å². The number of carboxylic acids is 2. The van der Waals surface area contributed by atoms with Crippen molar-refractivity contribution < 1.29 is 44.1 Å². The second-order valence-electron chi connectivity index (χ2n) is 7.78. The highest BCUT2D eigenvalue weighted by Gasteiger charge is 2.31. The van der Waals surface area contributed by atoms with E-state index < -0.39 is 66.2 Å². The maximum atomic E-state index is 12.9. The Balaban J connectivity index is 3.05. The van der Waals surface area contributed by atoms with Crippen molar-refractivity contribution in [1.82, 2.24) is 16.0 Å². The molecule has 0 aliphatic carbocycles. The zero-order valence-corrected chi connectivity index (χ0v) is 19.9. The fraction of sp³-hybridized carbons (Fsp3) is 0.429. The largest absolute Gasteiger partial charge is 0.508 e. The summed E-state index contributed by atoms with van der Waals surface area (Å²) >= 11 is 3.86. The molecule has 0 aromatic heterocycles. The van der Waals surface area contributed by atoms with Crippen LogP contribution >= 0.6 is 12.6 Å². The molecule has 10 N–H and O–H groups in total. The van der Waals surface area contributed by atoms with E-state index in [-0.39, 0.29) is 30.8 Å². The van der Waals surface area contributed by atoms with Crippen LogP contribution in [0.3, 0.4) is 0 Å². The third kappa shape index (κ3) is 10.6. The molecular formula is C21H29N5O9S. The minimum absolute atomic E-state index is 0.0396. The van der Waals surface area contributed by atoms with Gasteiger partial charge in [-0.05, 0) is 24.1 Å². The van der Waals surface area contributed by atoms with E-state index in [1.807, 2.05) is 0 Å². The minimum atomic E-state index is -1.63. The summed E-state index contributed by atoms with van der Waals surface area (Å²) in [6.45, 7) is 0. The number of nitrogens with two attached hydrogens (primary N) is 2. The van der Waals surface area contributed by atoms with Crippen LogP contribution in [0.5, 0.6) is 5.75 Å². The molecule has 0 saturated carbocycles. The van der Waals surface area contributed by atoms with Crippen LogP contribution in [0.15, 0.2) is 24.3 Å². The summed E-state index contributed by atoms with van der Waals surface area (Å²) in [7, 11) is 0. The van der Waals surface area contributed by atoms with Gasteiger partial charge < -0.3 is 42.7 Å². The first-order valence-electron chi connectivity index (χ1n) is 10.6. The zero-order chi connectivity index (χ0) is 27.4. The lowest BCUT2D eigenvalue weighted by molar-refractivity contribution is -0.143. The molecule has 36 heavy (non-hydrogen) atoms. The Morgan fingerprint density at radius 1 is 0.861 bits per heavy atom. The number of aliphatic carboxylic acids is 2. The molecule has 0 spiro atoms. The van der Waals surface area contributed by atoms with E-state index in [0.29, 0.717) is 5.56 Å². The number of amides is 4. The topological polar surface area (TPSA) is 251 Å². The van der Waals surface area contributed by atoms with Crippen LogP contribution in [-0.4, -0.2) is 80.8 Å². The van der Waals surface area contributed by atoms with Gasteiger partial charge in [0, 0.05) is 18.6 Å². The molecule has 4 amide bonds. The number of thiol groups is 1. The highest BCUT2D eigenvalue weighted by Crippen LogP contribution is 2.12. The predicted molar refractivity (Wildman–Crippen MR) is 128 cm³/mol. The third-order valence-corrected chi connectivity index (χ3v) is 5.24. The molecule has 0 fully saturated rings. The molecule has 1 rings (SSSR count). The number of hydrogen-bond acceptors (Lipinski definition) is 9.